The van der Waals surface area contributed by atoms with Crippen LogP contribution in [0.1, 0.15) is 43.8 Å². The van der Waals surface area contributed by atoms with Gasteiger partial charge in [0.15, 0.2) is 0 Å². The van der Waals surface area contributed by atoms with Gasteiger partial charge in [0.2, 0.25) is 0 Å². The lowest BCUT2D eigenvalue weighted by atomic mass is 9.71. The Bertz CT molecular complexity index is 1140. The van der Waals surface area contributed by atoms with Crippen molar-refractivity contribution in [1.82, 2.24) is 9.88 Å². The highest BCUT2D eigenvalue weighted by Gasteiger charge is 2.37. The second kappa shape index (κ2) is 11.9. The average Bonchev–Trinajstić information content (AvgIpc) is 3.36. The van der Waals surface area contributed by atoms with Crippen LogP contribution in [0.3, 0.4) is 0 Å². The number of carboxylic acids is 1. The number of hydrogen-bond acceptors (Lipinski definition) is 6. The summed E-state index contributed by atoms with van der Waals surface area (Å²) >= 11 is 10.00. The van der Waals surface area contributed by atoms with Crippen molar-refractivity contribution in [2.75, 3.05) is 32.5 Å². The number of piperidine rings is 1. The van der Waals surface area contributed by atoms with Gasteiger partial charge in [-0.15, -0.1) is 23.1 Å². The second-order valence-corrected chi connectivity index (χ2v) is 11.9. The largest absolute Gasteiger partial charge is 0.497 e. The number of aromatic nitrogens is 1. The molecule has 1 atom stereocenters. The Labute approximate surface area is 218 Å². The lowest BCUT2D eigenvalue weighted by Crippen LogP contribution is -2.42. The van der Waals surface area contributed by atoms with Crippen LogP contribution in [0.5, 0.6) is 5.75 Å². The first-order chi connectivity index (χ1) is 16.9. The topological polar surface area (TPSA) is 62.7 Å². The van der Waals surface area contributed by atoms with E-state index in [0.29, 0.717) is 28.6 Å². The fraction of sp³-hybridized carbons (Fsp3) is 0.462. The minimum absolute atomic E-state index is 0.0656. The number of likely N-dealkylation sites (tertiary alicyclic amines) is 1. The molecule has 0 bridgehead atoms. The predicted octanol–water partition coefficient (Wildman–Crippen LogP) is 7.10. The van der Waals surface area contributed by atoms with Crippen LogP contribution in [0, 0.1) is 5.41 Å². The molecule has 35 heavy (non-hydrogen) atoms. The molecule has 0 radical (unpaired) electrons. The molecule has 0 amide bonds. The molecule has 0 unspecified atom stereocenters. The number of aliphatic carboxylic acids is 1. The molecular weight excluding hydrogens is 507 g/mol. The van der Waals surface area contributed by atoms with Crippen LogP contribution in [0.15, 0.2) is 46.1 Å². The third-order valence-corrected chi connectivity index (χ3v) is 9.31. The number of carbonyl (C=O) groups is 1. The number of thioether (sulfide) groups is 1. The summed E-state index contributed by atoms with van der Waals surface area (Å²) in [6.07, 6.45) is 2.47. The van der Waals surface area contributed by atoms with Crippen molar-refractivity contribution >= 4 is 51.6 Å². The molecule has 2 aromatic heterocycles. The second-order valence-electron chi connectivity index (χ2n) is 9.10. The smallest absolute Gasteiger partial charge is 0.303 e. The first-order valence-electron chi connectivity index (χ1n) is 11.8. The van der Waals surface area contributed by atoms with E-state index in [1.54, 1.807) is 36.6 Å². The van der Waals surface area contributed by atoms with E-state index < -0.39 is 17.6 Å². The van der Waals surface area contributed by atoms with Crippen LogP contribution in [-0.2, 0) is 4.79 Å². The maximum Gasteiger partial charge on any atom is 0.303 e. The normalized spacial score (nSPS) is 16.9. The summed E-state index contributed by atoms with van der Waals surface area (Å²) in [5.74, 6) is 0.803. The molecule has 1 aromatic carbocycles. The molecule has 1 saturated heterocycles. The summed E-state index contributed by atoms with van der Waals surface area (Å²) in [6.45, 7) is 2.65. The van der Waals surface area contributed by atoms with E-state index in [1.165, 1.54) is 10.4 Å². The van der Waals surface area contributed by atoms with Crippen molar-refractivity contribution < 1.29 is 19.0 Å². The van der Waals surface area contributed by atoms with E-state index in [-0.39, 0.29) is 17.9 Å². The minimum Gasteiger partial charge on any atom is -0.497 e. The van der Waals surface area contributed by atoms with Gasteiger partial charge in [0.05, 0.1) is 28.3 Å². The number of methoxy groups -OCH3 is 1. The SMILES string of the molecule is COc1ccc2ncc(Cl)c([C@H](F)CCC3(CC(=O)O)CCN(CCSc4cccs4)CC3)c2c1. The number of pyridine rings is 1. The van der Waals surface area contributed by atoms with Crippen LogP contribution in [0.25, 0.3) is 10.9 Å². The van der Waals surface area contributed by atoms with Crippen molar-refractivity contribution in [3.05, 3.63) is 52.5 Å². The fourth-order valence-electron chi connectivity index (χ4n) is 4.90. The Hall–Kier alpha value is -1.87. The Morgan fingerprint density at radius 3 is 2.86 bits per heavy atom. The molecule has 4 rings (SSSR count). The van der Waals surface area contributed by atoms with E-state index in [4.69, 9.17) is 16.3 Å². The quantitative estimate of drug-likeness (QED) is 0.264. The van der Waals surface area contributed by atoms with Crippen molar-refractivity contribution in [3.63, 3.8) is 0 Å². The highest BCUT2D eigenvalue weighted by molar-refractivity contribution is 8.01. The van der Waals surface area contributed by atoms with Gasteiger partial charge in [-0.3, -0.25) is 9.78 Å². The number of carboxylic acid groups (broad SMARTS) is 1. The van der Waals surface area contributed by atoms with Crippen LogP contribution < -0.4 is 4.74 Å². The van der Waals surface area contributed by atoms with E-state index in [2.05, 4.69) is 27.4 Å². The van der Waals surface area contributed by atoms with Gasteiger partial charge >= 0.3 is 5.97 Å². The van der Waals surface area contributed by atoms with E-state index >= 15 is 4.39 Å². The lowest BCUT2D eigenvalue weighted by molar-refractivity contribution is -0.141. The van der Waals surface area contributed by atoms with Gasteiger partial charge < -0.3 is 14.7 Å². The first-order valence-corrected chi connectivity index (χ1v) is 14.0. The number of ether oxygens (including phenoxy) is 1. The van der Waals surface area contributed by atoms with Gasteiger partial charge in [-0.1, -0.05) is 17.7 Å². The molecule has 1 N–H and O–H groups in total. The summed E-state index contributed by atoms with van der Waals surface area (Å²) in [5.41, 5.74) is 0.659. The molecule has 1 fully saturated rings. The van der Waals surface area contributed by atoms with Gasteiger partial charge in [-0.2, -0.15) is 0 Å². The third-order valence-electron chi connectivity index (χ3n) is 6.90. The third kappa shape index (κ3) is 6.67. The minimum atomic E-state index is -1.31. The Morgan fingerprint density at radius 2 is 2.17 bits per heavy atom. The number of fused-ring (bicyclic) bond motifs is 1. The van der Waals surface area contributed by atoms with Crippen LogP contribution in [0.4, 0.5) is 4.39 Å². The standard InChI is InChI=1S/C26H30ClFN2O3S2/c1-33-18-4-5-22-19(15-18)25(20(27)17-29-22)21(28)6-7-26(16-23(31)32)8-10-30(11-9-26)12-14-35-24-3-2-13-34-24/h2-5,13,15,17,21H,6-12,14,16H2,1H3,(H,31,32)/t21-/m1/s1. The van der Waals surface area contributed by atoms with E-state index in [9.17, 15) is 9.90 Å². The zero-order valence-corrected chi connectivity index (χ0v) is 22.1. The molecule has 3 aromatic rings. The van der Waals surface area contributed by atoms with Crippen LogP contribution in [0.2, 0.25) is 5.02 Å². The average molecular weight is 537 g/mol. The Kier molecular flexibility index (Phi) is 8.92. The lowest BCUT2D eigenvalue weighted by Gasteiger charge is -2.41. The number of alkyl halides is 1. The molecule has 5 nitrogen and oxygen atoms in total. The Balaban J connectivity index is 1.40. The van der Waals surface area contributed by atoms with Gasteiger partial charge in [0.25, 0.3) is 0 Å². The molecular formula is C26H30ClFN2O3S2. The van der Waals surface area contributed by atoms with Crippen molar-refractivity contribution in [1.29, 1.82) is 0 Å². The maximum absolute atomic E-state index is 15.7. The number of benzene rings is 1. The molecule has 0 spiro atoms. The van der Waals surface area contributed by atoms with E-state index in [1.807, 2.05) is 11.8 Å². The molecule has 0 saturated carbocycles. The number of halogens is 2. The molecule has 1 aliphatic heterocycles. The molecule has 188 valence electrons. The van der Waals surface area contributed by atoms with Crippen LogP contribution in [-0.4, -0.2) is 53.5 Å². The summed E-state index contributed by atoms with van der Waals surface area (Å²) in [7, 11) is 1.56. The maximum atomic E-state index is 15.7. The Morgan fingerprint density at radius 1 is 1.37 bits per heavy atom. The zero-order valence-electron chi connectivity index (χ0n) is 19.7. The first kappa shape index (κ1) is 26.2. The number of nitrogens with zero attached hydrogens (tertiary/aromatic N) is 2. The van der Waals surface area contributed by atoms with Gasteiger partial charge in [0, 0.05) is 29.4 Å². The molecule has 0 aliphatic carbocycles. The van der Waals surface area contributed by atoms with Gasteiger partial charge in [0.1, 0.15) is 11.9 Å². The summed E-state index contributed by atoms with van der Waals surface area (Å²) in [4.78, 5) is 18.4. The predicted molar refractivity (Wildman–Crippen MR) is 142 cm³/mol. The highest BCUT2D eigenvalue weighted by Crippen LogP contribution is 2.44. The number of hydrogen-bond donors (Lipinski definition) is 1. The number of rotatable bonds is 11. The number of thiophene rings is 1. The highest BCUT2D eigenvalue weighted by atomic mass is 35.5. The van der Waals surface area contributed by atoms with E-state index in [0.717, 1.165) is 38.2 Å². The molecule has 1 aliphatic rings. The van der Waals surface area contributed by atoms with Gasteiger partial charge in [-0.05, 0) is 73.8 Å². The molecule has 9 heteroatoms. The van der Waals surface area contributed by atoms with Crippen molar-refractivity contribution in [2.45, 2.75) is 42.5 Å². The monoisotopic (exact) mass is 536 g/mol. The zero-order chi connectivity index (χ0) is 24.8. The summed E-state index contributed by atoms with van der Waals surface area (Å²) in [6, 6.07) is 9.53. The van der Waals surface area contributed by atoms with Crippen LogP contribution >= 0.6 is 34.7 Å². The summed E-state index contributed by atoms with van der Waals surface area (Å²) < 4.78 is 22.3. The van der Waals surface area contributed by atoms with Crippen molar-refractivity contribution in [2.24, 2.45) is 5.41 Å². The fourth-order valence-corrected chi connectivity index (χ4v) is 7.03. The van der Waals surface area contributed by atoms with Crippen molar-refractivity contribution in [3.8, 4) is 5.75 Å². The molecule has 3 heterocycles. The van der Waals surface area contributed by atoms with Gasteiger partial charge in [-0.25, -0.2) is 4.39 Å². The summed E-state index contributed by atoms with van der Waals surface area (Å²) in [5, 5.41) is 12.6.